The van der Waals surface area contributed by atoms with Gasteiger partial charge in [0.1, 0.15) is 0 Å². The Morgan fingerprint density at radius 3 is 2.36 bits per heavy atom. The van der Waals surface area contributed by atoms with Crippen LogP contribution in [0.25, 0.3) is 16.9 Å². The molecule has 3 aromatic carbocycles. The average Bonchev–Trinajstić information content (AvgIpc) is 3.39. The van der Waals surface area contributed by atoms with Gasteiger partial charge in [0.25, 0.3) is 5.91 Å². The largest absolute Gasteiger partial charge is 0.373 e. The second kappa shape index (κ2) is 9.84. The molecular formula is C28H27N3O2. The van der Waals surface area contributed by atoms with Crippen molar-refractivity contribution in [2.45, 2.75) is 25.6 Å². The van der Waals surface area contributed by atoms with E-state index in [1.807, 2.05) is 76.3 Å². The van der Waals surface area contributed by atoms with Gasteiger partial charge in [0, 0.05) is 24.2 Å². The zero-order chi connectivity index (χ0) is 22.5. The molecule has 1 aliphatic heterocycles. The van der Waals surface area contributed by atoms with Crippen molar-refractivity contribution in [1.82, 2.24) is 14.7 Å². The van der Waals surface area contributed by atoms with E-state index in [1.165, 1.54) is 5.56 Å². The summed E-state index contributed by atoms with van der Waals surface area (Å²) in [5.74, 6) is 0.0618. The van der Waals surface area contributed by atoms with Crippen LogP contribution in [0.3, 0.4) is 0 Å². The van der Waals surface area contributed by atoms with Crippen molar-refractivity contribution in [2.24, 2.45) is 0 Å². The average molecular weight is 438 g/mol. The maximum atomic E-state index is 13.2. The molecule has 0 saturated carbocycles. The quantitative estimate of drug-likeness (QED) is 0.408. The Bertz CT molecular complexity index is 1200. The Morgan fingerprint density at radius 2 is 1.61 bits per heavy atom. The van der Waals surface area contributed by atoms with Crippen LogP contribution in [0.5, 0.6) is 0 Å². The first-order valence-electron chi connectivity index (χ1n) is 11.4. The summed E-state index contributed by atoms with van der Waals surface area (Å²) in [7, 11) is 0. The number of hydrogen-bond donors (Lipinski definition) is 0. The van der Waals surface area contributed by atoms with E-state index < -0.39 is 0 Å². The van der Waals surface area contributed by atoms with Gasteiger partial charge in [-0.25, -0.2) is 4.68 Å². The van der Waals surface area contributed by atoms with Crippen LogP contribution in [0.4, 0.5) is 0 Å². The molecule has 0 N–H and O–H groups in total. The molecule has 1 amide bonds. The fraction of sp³-hybridized carbons (Fsp3) is 0.214. The topological polar surface area (TPSA) is 47.4 Å². The lowest BCUT2D eigenvalue weighted by Crippen LogP contribution is -2.40. The van der Waals surface area contributed by atoms with Crippen LogP contribution in [0.1, 0.15) is 28.8 Å². The molecule has 4 aromatic rings. The van der Waals surface area contributed by atoms with Gasteiger partial charge in [0.2, 0.25) is 0 Å². The molecule has 1 saturated heterocycles. The molecule has 166 valence electrons. The van der Waals surface area contributed by atoms with Crippen molar-refractivity contribution in [1.29, 1.82) is 0 Å². The van der Waals surface area contributed by atoms with Crippen LogP contribution in [-0.4, -0.2) is 39.8 Å². The minimum Gasteiger partial charge on any atom is -0.373 e. The molecule has 0 radical (unpaired) electrons. The number of ether oxygens (including phenoxy) is 1. The third kappa shape index (κ3) is 4.89. The number of amides is 1. The van der Waals surface area contributed by atoms with E-state index in [0.29, 0.717) is 25.3 Å². The lowest BCUT2D eigenvalue weighted by Gasteiger charge is -2.32. The second-order valence-electron chi connectivity index (χ2n) is 8.33. The van der Waals surface area contributed by atoms with Gasteiger partial charge in [-0.3, -0.25) is 4.79 Å². The van der Waals surface area contributed by atoms with Gasteiger partial charge in [-0.15, -0.1) is 0 Å². The fourth-order valence-electron chi connectivity index (χ4n) is 4.30. The van der Waals surface area contributed by atoms with Crippen LogP contribution in [-0.2, 0) is 11.3 Å². The van der Waals surface area contributed by atoms with Gasteiger partial charge >= 0.3 is 0 Å². The van der Waals surface area contributed by atoms with Crippen molar-refractivity contribution in [3.63, 3.8) is 0 Å². The highest BCUT2D eigenvalue weighted by Crippen LogP contribution is 2.24. The minimum atomic E-state index is 0.0618. The lowest BCUT2D eigenvalue weighted by molar-refractivity contribution is -0.000380. The number of piperidine rings is 1. The molecule has 33 heavy (non-hydrogen) atoms. The first-order chi connectivity index (χ1) is 16.3. The molecule has 1 fully saturated rings. The minimum absolute atomic E-state index is 0.0618. The van der Waals surface area contributed by atoms with Crippen LogP contribution in [0.15, 0.2) is 97.2 Å². The van der Waals surface area contributed by atoms with E-state index in [0.717, 1.165) is 29.8 Å². The Hall–Kier alpha value is -3.70. The Labute approximate surface area is 194 Å². The molecule has 0 spiro atoms. The standard InChI is InChI=1S/C28H27N3O2/c32-28(30-18-15-26(16-19-30)33-21-22-8-3-1-4-9-22)24-12-7-13-25(20-24)31-27(14-17-29-31)23-10-5-2-6-11-23/h1-14,17,20,26H,15-16,18-19,21H2. The highest BCUT2D eigenvalue weighted by molar-refractivity contribution is 5.94. The lowest BCUT2D eigenvalue weighted by atomic mass is 10.1. The SMILES string of the molecule is O=C(c1cccc(-n2nccc2-c2ccccc2)c1)N1CCC(OCc2ccccc2)CC1. The molecule has 1 aliphatic rings. The molecule has 5 nitrogen and oxygen atoms in total. The van der Waals surface area contributed by atoms with Crippen molar-refractivity contribution in [2.75, 3.05) is 13.1 Å². The zero-order valence-corrected chi connectivity index (χ0v) is 18.5. The van der Waals surface area contributed by atoms with Crippen LogP contribution in [0, 0.1) is 0 Å². The molecule has 1 aromatic heterocycles. The van der Waals surface area contributed by atoms with E-state index in [2.05, 4.69) is 29.4 Å². The normalized spacial score (nSPS) is 14.4. The highest BCUT2D eigenvalue weighted by Gasteiger charge is 2.24. The maximum Gasteiger partial charge on any atom is 0.253 e. The fourth-order valence-corrected chi connectivity index (χ4v) is 4.30. The summed E-state index contributed by atoms with van der Waals surface area (Å²) >= 11 is 0. The van der Waals surface area contributed by atoms with E-state index in [1.54, 1.807) is 6.20 Å². The summed E-state index contributed by atoms with van der Waals surface area (Å²) in [5.41, 5.74) is 4.83. The number of hydrogen-bond acceptors (Lipinski definition) is 3. The highest BCUT2D eigenvalue weighted by atomic mass is 16.5. The van der Waals surface area contributed by atoms with Crippen LogP contribution >= 0.6 is 0 Å². The smallest absolute Gasteiger partial charge is 0.253 e. The van der Waals surface area contributed by atoms with Gasteiger partial charge in [-0.1, -0.05) is 66.7 Å². The summed E-state index contributed by atoms with van der Waals surface area (Å²) in [5, 5.41) is 4.51. The summed E-state index contributed by atoms with van der Waals surface area (Å²) in [6.45, 7) is 2.04. The van der Waals surface area contributed by atoms with Crippen LogP contribution in [0.2, 0.25) is 0 Å². The molecule has 5 heteroatoms. The number of nitrogens with zero attached hydrogens (tertiary/aromatic N) is 3. The molecule has 0 aliphatic carbocycles. The number of benzene rings is 3. The van der Waals surface area contributed by atoms with E-state index in [-0.39, 0.29) is 12.0 Å². The molecule has 5 rings (SSSR count). The first-order valence-corrected chi connectivity index (χ1v) is 11.4. The van der Waals surface area contributed by atoms with Gasteiger partial charge in [0.05, 0.1) is 30.3 Å². The Kier molecular flexibility index (Phi) is 6.31. The van der Waals surface area contributed by atoms with Gasteiger partial charge in [-0.05, 0) is 42.7 Å². The van der Waals surface area contributed by atoms with Crippen molar-refractivity contribution in [3.8, 4) is 16.9 Å². The first kappa shape index (κ1) is 21.2. The summed E-state index contributed by atoms with van der Waals surface area (Å²) in [4.78, 5) is 15.2. The Morgan fingerprint density at radius 1 is 0.879 bits per heavy atom. The molecular weight excluding hydrogens is 410 g/mol. The van der Waals surface area contributed by atoms with Crippen molar-refractivity contribution < 1.29 is 9.53 Å². The maximum absolute atomic E-state index is 13.2. The van der Waals surface area contributed by atoms with Gasteiger partial charge in [-0.2, -0.15) is 5.10 Å². The predicted molar refractivity (Wildman–Crippen MR) is 129 cm³/mol. The Balaban J connectivity index is 1.24. The van der Waals surface area contributed by atoms with E-state index in [9.17, 15) is 4.79 Å². The van der Waals surface area contributed by atoms with E-state index >= 15 is 0 Å². The van der Waals surface area contributed by atoms with Gasteiger partial charge in [0.15, 0.2) is 0 Å². The van der Waals surface area contributed by atoms with Crippen molar-refractivity contribution >= 4 is 5.91 Å². The number of likely N-dealkylation sites (tertiary alicyclic amines) is 1. The van der Waals surface area contributed by atoms with E-state index in [4.69, 9.17) is 4.74 Å². The number of aromatic nitrogens is 2. The zero-order valence-electron chi connectivity index (χ0n) is 18.5. The van der Waals surface area contributed by atoms with Crippen LogP contribution < -0.4 is 0 Å². The van der Waals surface area contributed by atoms with Crippen molar-refractivity contribution in [3.05, 3.63) is 108 Å². The number of carbonyl (C=O) groups is 1. The van der Waals surface area contributed by atoms with Gasteiger partial charge < -0.3 is 9.64 Å². The number of carbonyl (C=O) groups excluding carboxylic acids is 1. The summed E-state index contributed by atoms with van der Waals surface area (Å²) in [6.07, 6.45) is 3.69. The third-order valence-electron chi connectivity index (χ3n) is 6.11. The molecule has 2 heterocycles. The second-order valence-corrected chi connectivity index (χ2v) is 8.33. The third-order valence-corrected chi connectivity index (χ3v) is 6.11. The monoisotopic (exact) mass is 437 g/mol. The summed E-state index contributed by atoms with van der Waals surface area (Å²) < 4.78 is 7.96. The molecule has 0 unspecified atom stereocenters. The summed E-state index contributed by atoms with van der Waals surface area (Å²) in [6, 6.07) is 30.1. The number of rotatable bonds is 6. The molecule has 0 atom stereocenters. The molecule has 0 bridgehead atoms. The predicted octanol–water partition coefficient (Wildman–Crippen LogP) is 5.36.